The molecule has 0 spiro atoms. The summed E-state index contributed by atoms with van der Waals surface area (Å²) in [5.74, 6) is 1.18. The van der Waals surface area contributed by atoms with E-state index in [-0.39, 0.29) is 5.56 Å². The second kappa shape index (κ2) is 6.48. The Bertz CT molecular complexity index is 900. The molecular formula is C20H22N2O2. The molecule has 2 aromatic heterocycles. The average Bonchev–Trinajstić information content (AvgIpc) is 2.89. The van der Waals surface area contributed by atoms with E-state index in [1.807, 2.05) is 38.2 Å². The molecule has 0 bridgehead atoms. The van der Waals surface area contributed by atoms with Gasteiger partial charge in [0.1, 0.15) is 5.76 Å². The van der Waals surface area contributed by atoms with Gasteiger partial charge in [-0.05, 0) is 37.0 Å². The van der Waals surface area contributed by atoms with Gasteiger partial charge in [0.15, 0.2) is 0 Å². The minimum Gasteiger partial charge on any atom is -0.361 e. The Morgan fingerprint density at radius 1 is 1.12 bits per heavy atom. The van der Waals surface area contributed by atoms with Crippen molar-refractivity contribution in [2.45, 2.75) is 40.2 Å². The summed E-state index contributed by atoms with van der Waals surface area (Å²) in [7, 11) is 0. The van der Waals surface area contributed by atoms with Crippen LogP contribution in [0.2, 0.25) is 0 Å². The molecule has 0 amide bonds. The predicted molar refractivity (Wildman–Crippen MR) is 95.3 cm³/mol. The van der Waals surface area contributed by atoms with Crippen LogP contribution in [0, 0.1) is 13.8 Å². The van der Waals surface area contributed by atoms with E-state index in [4.69, 9.17) is 4.52 Å². The summed E-state index contributed by atoms with van der Waals surface area (Å²) in [5.41, 5.74) is 5.18. The highest BCUT2D eigenvalue weighted by Crippen LogP contribution is 2.26. The van der Waals surface area contributed by atoms with E-state index in [0.29, 0.717) is 12.5 Å². The Balaban J connectivity index is 2.04. The molecule has 0 aliphatic carbocycles. The highest BCUT2D eigenvalue weighted by Gasteiger charge is 2.13. The summed E-state index contributed by atoms with van der Waals surface area (Å²) in [4.78, 5) is 12.3. The Morgan fingerprint density at radius 2 is 1.88 bits per heavy atom. The van der Waals surface area contributed by atoms with Gasteiger partial charge in [-0.2, -0.15) is 0 Å². The van der Waals surface area contributed by atoms with E-state index in [9.17, 15) is 4.79 Å². The fourth-order valence-electron chi connectivity index (χ4n) is 3.12. The van der Waals surface area contributed by atoms with Crippen LogP contribution in [-0.4, -0.2) is 9.72 Å². The van der Waals surface area contributed by atoms with Crippen LogP contribution < -0.4 is 5.56 Å². The van der Waals surface area contributed by atoms with Crippen molar-refractivity contribution in [2.24, 2.45) is 0 Å². The molecule has 3 aromatic rings. The largest absolute Gasteiger partial charge is 0.361 e. The van der Waals surface area contributed by atoms with E-state index in [0.717, 1.165) is 22.6 Å². The van der Waals surface area contributed by atoms with Gasteiger partial charge >= 0.3 is 0 Å². The zero-order valence-electron chi connectivity index (χ0n) is 14.5. The van der Waals surface area contributed by atoms with Gasteiger partial charge in [-0.25, -0.2) is 0 Å². The molecule has 0 saturated carbocycles. The van der Waals surface area contributed by atoms with Crippen LogP contribution >= 0.6 is 0 Å². The quantitative estimate of drug-likeness (QED) is 0.720. The van der Waals surface area contributed by atoms with Crippen molar-refractivity contribution in [3.05, 3.63) is 75.5 Å². The molecule has 0 unspecified atom stereocenters. The Hall–Kier alpha value is -2.62. The maximum Gasteiger partial charge on any atom is 0.250 e. The minimum absolute atomic E-state index is 0.0101. The maximum atomic E-state index is 12.3. The first kappa shape index (κ1) is 16.2. The molecule has 3 rings (SSSR count). The molecule has 0 radical (unpaired) electrons. The van der Waals surface area contributed by atoms with Crippen LogP contribution in [0.15, 0.2) is 51.9 Å². The van der Waals surface area contributed by atoms with Crippen molar-refractivity contribution >= 4 is 0 Å². The van der Waals surface area contributed by atoms with Crippen molar-refractivity contribution in [3.8, 4) is 11.1 Å². The summed E-state index contributed by atoms with van der Waals surface area (Å²) >= 11 is 0. The summed E-state index contributed by atoms with van der Waals surface area (Å²) < 4.78 is 7.00. The monoisotopic (exact) mass is 322 g/mol. The maximum absolute atomic E-state index is 12.3. The second-order valence-electron chi connectivity index (χ2n) is 6.44. The number of hydrogen-bond acceptors (Lipinski definition) is 3. The van der Waals surface area contributed by atoms with Crippen molar-refractivity contribution in [2.75, 3.05) is 0 Å². The number of rotatable bonds is 4. The minimum atomic E-state index is -0.0101. The normalized spacial score (nSPS) is 11.2. The number of nitrogens with zero attached hydrogens (tertiary/aromatic N) is 2. The van der Waals surface area contributed by atoms with Gasteiger partial charge < -0.3 is 9.09 Å². The van der Waals surface area contributed by atoms with E-state index in [1.165, 1.54) is 11.1 Å². The lowest BCUT2D eigenvalue weighted by atomic mass is 9.97. The molecule has 124 valence electrons. The zero-order chi connectivity index (χ0) is 17.3. The van der Waals surface area contributed by atoms with E-state index >= 15 is 0 Å². The van der Waals surface area contributed by atoms with Gasteiger partial charge in [-0.3, -0.25) is 4.79 Å². The molecule has 0 aliphatic heterocycles. The Labute approximate surface area is 141 Å². The summed E-state index contributed by atoms with van der Waals surface area (Å²) in [5, 5.41) is 4.00. The van der Waals surface area contributed by atoms with Crippen LogP contribution in [0.5, 0.6) is 0 Å². The van der Waals surface area contributed by atoms with Gasteiger partial charge in [0, 0.05) is 23.4 Å². The Morgan fingerprint density at radius 3 is 2.54 bits per heavy atom. The van der Waals surface area contributed by atoms with Crippen molar-refractivity contribution in [1.82, 2.24) is 9.72 Å². The van der Waals surface area contributed by atoms with Crippen LogP contribution in [0.25, 0.3) is 11.1 Å². The summed E-state index contributed by atoms with van der Waals surface area (Å²) in [6.07, 6.45) is 1.89. The molecule has 0 saturated heterocycles. The van der Waals surface area contributed by atoms with Gasteiger partial charge in [-0.15, -0.1) is 0 Å². The number of benzene rings is 1. The van der Waals surface area contributed by atoms with E-state index in [2.05, 4.69) is 31.1 Å². The van der Waals surface area contributed by atoms with Crippen molar-refractivity contribution < 1.29 is 4.52 Å². The standard InChI is InChI=1S/C20H22N2O2/c1-13(2)18-8-6-5-7-16(18)11-22-12-17(9-10-19(22)23)20-14(3)21-24-15(20)4/h5-10,12-13H,11H2,1-4H3. The number of hydrogen-bond donors (Lipinski definition) is 0. The third kappa shape index (κ3) is 3.04. The fourth-order valence-corrected chi connectivity index (χ4v) is 3.12. The van der Waals surface area contributed by atoms with Crippen LogP contribution in [0.4, 0.5) is 0 Å². The molecule has 0 N–H and O–H groups in total. The van der Waals surface area contributed by atoms with Crippen molar-refractivity contribution in [3.63, 3.8) is 0 Å². The van der Waals surface area contributed by atoms with Gasteiger partial charge in [0.2, 0.25) is 0 Å². The smallest absolute Gasteiger partial charge is 0.250 e. The third-order valence-electron chi connectivity index (χ3n) is 4.32. The van der Waals surface area contributed by atoms with Crippen molar-refractivity contribution in [1.29, 1.82) is 0 Å². The van der Waals surface area contributed by atoms with Crippen LogP contribution in [-0.2, 0) is 6.54 Å². The highest BCUT2D eigenvalue weighted by molar-refractivity contribution is 5.66. The molecule has 0 fully saturated rings. The summed E-state index contributed by atoms with van der Waals surface area (Å²) in [6, 6.07) is 11.7. The zero-order valence-corrected chi connectivity index (χ0v) is 14.5. The number of aromatic nitrogens is 2. The van der Waals surface area contributed by atoms with Crippen LogP contribution in [0.3, 0.4) is 0 Å². The first-order valence-corrected chi connectivity index (χ1v) is 8.19. The summed E-state index contributed by atoms with van der Waals surface area (Å²) in [6.45, 7) is 8.70. The molecular weight excluding hydrogens is 300 g/mol. The van der Waals surface area contributed by atoms with Gasteiger partial charge in [0.05, 0.1) is 12.2 Å². The molecule has 24 heavy (non-hydrogen) atoms. The number of aryl methyl sites for hydroxylation is 2. The Kier molecular flexibility index (Phi) is 4.38. The average molecular weight is 322 g/mol. The first-order valence-electron chi connectivity index (χ1n) is 8.19. The fraction of sp³-hybridized carbons (Fsp3) is 0.300. The lowest BCUT2D eigenvalue weighted by molar-refractivity contribution is 0.393. The van der Waals surface area contributed by atoms with Crippen LogP contribution in [0.1, 0.15) is 42.3 Å². The van der Waals surface area contributed by atoms with Gasteiger partial charge in [-0.1, -0.05) is 43.3 Å². The highest BCUT2D eigenvalue weighted by atomic mass is 16.5. The van der Waals surface area contributed by atoms with Gasteiger partial charge in [0.25, 0.3) is 5.56 Å². The SMILES string of the molecule is Cc1noc(C)c1-c1ccc(=O)n(Cc2ccccc2C(C)C)c1. The number of pyridine rings is 1. The topological polar surface area (TPSA) is 48.0 Å². The lowest BCUT2D eigenvalue weighted by Crippen LogP contribution is -2.20. The molecule has 4 nitrogen and oxygen atoms in total. The molecule has 1 aromatic carbocycles. The van der Waals surface area contributed by atoms with E-state index in [1.54, 1.807) is 10.6 Å². The first-order chi connectivity index (χ1) is 11.5. The second-order valence-corrected chi connectivity index (χ2v) is 6.44. The molecule has 4 heteroatoms. The third-order valence-corrected chi connectivity index (χ3v) is 4.32. The molecule has 2 heterocycles. The predicted octanol–water partition coefficient (Wildman–Crippen LogP) is 4.29. The molecule has 0 aliphatic rings. The lowest BCUT2D eigenvalue weighted by Gasteiger charge is -2.14. The van der Waals surface area contributed by atoms with E-state index < -0.39 is 0 Å². The molecule has 0 atom stereocenters.